The van der Waals surface area contributed by atoms with Gasteiger partial charge in [-0.25, -0.2) is 0 Å². The van der Waals surface area contributed by atoms with Crippen LogP contribution in [0.2, 0.25) is 0 Å². The first kappa shape index (κ1) is 17.5. The highest BCUT2D eigenvalue weighted by Crippen LogP contribution is 2.38. The predicted molar refractivity (Wildman–Crippen MR) is 89.8 cm³/mol. The van der Waals surface area contributed by atoms with E-state index in [0.717, 1.165) is 24.7 Å². The van der Waals surface area contributed by atoms with Gasteiger partial charge in [0.1, 0.15) is 17.5 Å². The van der Waals surface area contributed by atoms with Crippen molar-refractivity contribution in [2.45, 2.75) is 19.2 Å². The van der Waals surface area contributed by atoms with Crippen LogP contribution in [0.4, 0.5) is 19.0 Å². The molecule has 0 amide bonds. The van der Waals surface area contributed by atoms with Gasteiger partial charge < -0.3 is 15.0 Å². The van der Waals surface area contributed by atoms with Gasteiger partial charge in [0.2, 0.25) is 5.88 Å². The minimum absolute atomic E-state index is 0.375. The number of ether oxygens (including phenoxy) is 1. The Hall–Kier alpha value is -2.28. The van der Waals surface area contributed by atoms with Gasteiger partial charge in [0.05, 0.1) is 0 Å². The molecule has 2 heterocycles. The summed E-state index contributed by atoms with van der Waals surface area (Å²) in [6, 6.07) is 11.6. The molecule has 0 radical (unpaired) electrons. The first-order valence-corrected chi connectivity index (χ1v) is 8.20. The molecular weight excluding hydrogens is 331 g/mol. The maximum absolute atomic E-state index is 13.3. The summed E-state index contributed by atoms with van der Waals surface area (Å²) < 4.78 is 45.6. The van der Waals surface area contributed by atoms with E-state index in [0.29, 0.717) is 18.9 Å². The molecule has 1 fully saturated rings. The lowest BCUT2D eigenvalue weighted by Gasteiger charge is -2.29. The fourth-order valence-corrected chi connectivity index (χ4v) is 2.77. The van der Waals surface area contributed by atoms with E-state index in [1.807, 2.05) is 35.2 Å². The van der Waals surface area contributed by atoms with Gasteiger partial charge >= 0.3 is 6.18 Å². The lowest BCUT2D eigenvalue weighted by Crippen LogP contribution is -2.43. The van der Waals surface area contributed by atoms with E-state index in [9.17, 15) is 13.2 Å². The molecular formula is C18H20F3N3O. The molecule has 1 unspecified atom stereocenters. The minimum Gasteiger partial charge on any atom is -0.469 e. The van der Waals surface area contributed by atoms with Gasteiger partial charge in [0.25, 0.3) is 0 Å². The number of pyridine rings is 1. The average molecular weight is 351 g/mol. The Morgan fingerprint density at radius 3 is 2.40 bits per heavy atom. The molecule has 1 N–H and O–H groups in total. The number of anilines is 1. The summed E-state index contributed by atoms with van der Waals surface area (Å²) in [6.45, 7) is 4.67. The van der Waals surface area contributed by atoms with Gasteiger partial charge in [0, 0.05) is 26.2 Å². The molecule has 1 aliphatic heterocycles. The average Bonchev–Trinajstić information content (AvgIpc) is 2.62. The van der Waals surface area contributed by atoms with Crippen molar-refractivity contribution in [2.24, 2.45) is 0 Å². The van der Waals surface area contributed by atoms with E-state index in [4.69, 9.17) is 4.74 Å². The Balaban J connectivity index is 1.90. The number of hydrogen-bond acceptors (Lipinski definition) is 4. The number of alkyl halides is 3. The van der Waals surface area contributed by atoms with Crippen LogP contribution in [0.5, 0.6) is 5.88 Å². The lowest BCUT2D eigenvalue weighted by molar-refractivity contribution is -0.139. The Bertz CT molecular complexity index is 700. The number of benzene rings is 1. The number of halogens is 3. The molecule has 0 aliphatic carbocycles. The van der Waals surface area contributed by atoms with Crippen LogP contribution in [-0.2, 0) is 6.18 Å². The smallest absolute Gasteiger partial charge is 0.421 e. The highest BCUT2D eigenvalue weighted by atomic mass is 19.4. The summed E-state index contributed by atoms with van der Waals surface area (Å²) in [7, 11) is 0. The second-order valence-electron chi connectivity index (χ2n) is 5.93. The topological polar surface area (TPSA) is 37.4 Å². The van der Waals surface area contributed by atoms with Crippen LogP contribution in [-0.4, -0.2) is 31.2 Å². The van der Waals surface area contributed by atoms with Crippen molar-refractivity contribution in [3.05, 3.63) is 53.6 Å². The van der Waals surface area contributed by atoms with E-state index in [-0.39, 0.29) is 5.88 Å². The maximum atomic E-state index is 13.3. The van der Waals surface area contributed by atoms with Crippen molar-refractivity contribution in [1.82, 2.24) is 10.3 Å². The monoisotopic (exact) mass is 351 g/mol. The summed E-state index contributed by atoms with van der Waals surface area (Å²) in [5, 5.41) is 3.21. The van der Waals surface area contributed by atoms with Crippen LogP contribution in [0, 0.1) is 0 Å². The van der Waals surface area contributed by atoms with Gasteiger partial charge in [-0.05, 0) is 24.6 Å². The van der Waals surface area contributed by atoms with E-state index < -0.39 is 17.8 Å². The quantitative estimate of drug-likeness (QED) is 0.912. The summed E-state index contributed by atoms with van der Waals surface area (Å²) in [5.41, 5.74) is -0.0563. The minimum atomic E-state index is -4.51. The summed E-state index contributed by atoms with van der Waals surface area (Å²) >= 11 is 0. The zero-order valence-corrected chi connectivity index (χ0v) is 13.9. The Kier molecular flexibility index (Phi) is 5.13. The van der Waals surface area contributed by atoms with Gasteiger partial charge in [-0.2, -0.15) is 18.2 Å². The van der Waals surface area contributed by atoms with Crippen LogP contribution in [0.25, 0.3) is 0 Å². The molecule has 25 heavy (non-hydrogen) atoms. The zero-order chi connectivity index (χ0) is 17.9. The number of nitrogens with one attached hydrogen (secondary N) is 1. The maximum Gasteiger partial charge on any atom is 0.421 e. The molecule has 1 aliphatic rings. The fraction of sp³-hybridized carbons (Fsp3) is 0.389. The molecule has 2 aromatic rings. The molecule has 1 saturated heterocycles. The van der Waals surface area contributed by atoms with Gasteiger partial charge in [-0.1, -0.05) is 30.3 Å². The van der Waals surface area contributed by atoms with Crippen LogP contribution in [0.1, 0.15) is 24.2 Å². The standard InChI is InChI=1S/C18H20F3N3O/c1-13(14-5-3-2-4-6-14)25-17-15(18(19,20)21)7-8-16(23-17)24-11-9-22-10-12-24/h2-8,13,22H,9-12H2,1H3. The van der Waals surface area contributed by atoms with Gasteiger partial charge in [-0.15, -0.1) is 0 Å². The van der Waals surface area contributed by atoms with E-state index in [1.165, 1.54) is 6.07 Å². The molecule has 7 heteroatoms. The molecule has 1 atom stereocenters. The van der Waals surface area contributed by atoms with Gasteiger partial charge in [-0.3, -0.25) is 0 Å². The predicted octanol–water partition coefficient (Wildman–Crippen LogP) is 3.65. The number of nitrogens with zero attached hydrogens (tertiary/aromatic N) is 2. The van der Waals surface area contributed by atoms with Crippen molar-refractivity contribution in [1.29, 1.82) is 0 Å². The fourth-order valence-electron chi connectivity index (χ4n) is 2.77. The lowest BCUT2D eigenvalue weighted by atomic mass is 10.1. The van der Waals surface area contributed by atoms with Crippen LogP contribution < -0.4 is 15.0 Å². The third-order valence-electron chi connectivity index (χ3n) is 4.15. The first-order valence-electron chi connectivity index (χ1n) is 8.20. The third kappa shape index (κ3) is 4.22. The number of aromatic nitrogens is 1. The third-order valence-corrected chi connectivity index (χ3v) is 4.15. The first-order chi connectivity index (χ1) is 11.9. The Labute approximate surface area is 144 Å². The number of piperazine rings is 1. The molecule has 4 nitrogen and oxygen atoms in total. The second-order valence-corrected chi connectivity index (χ2v) is 5.93. The molecule has 0 saturated carbocycles. The van der Waals surface area contributed by atoms with Crippen LogP contribution >= 0.6 is 0 Å². The number of rotatable bonds is 4. The highest BCUT2D eigenvalue weighted by molar-refractivity contribution is 5.45. The van der Waals surface area contributed by atoms with Crippen molar-refractivity contribution >= 4 is 5.82 Å². The van der Waals surface area contributed by atoms with Crippen molar-refractivity contribution in [2.75, 3.05) is 31.1 Å². The molecule has 134 valence electrons. The largest absolute Gasteiger partial charge is 0.469 e. The number of hydrogen-bond donors (Lipinski definition) is 1. The van der Waals surface area contributed by atoms with Crippen LogP contribution in [0.15, 0.2) is 42.5 Å². The molecule has 1 aromatic carbocycles. The normalized spacial score (nSPS) is 16.6. The summed E-state index contributed by atoms with van der Waals surface area (Å²) in [6.07, 6.45) is -5.05. The molecule has 0 bridgehead atoms. The Morgan fingerprint density at radius 1 is 1.08 bits per heavy atom. The SMILES string of the molecule is CC(Oc1nc(N2CCNCC2)ccc1C(F)(F)F)c1ccccc1. The van der Waals surface area contributed by atoms with E-state index >= 15 is 0 Å². The molecule has 1 aromatic heterocycles. The van der Waals surface area contributed by atoms with Crippen molar-refractivity contribution in [3.63, 3.8) is 0 Å². The second kappa shape index (κ2) is 7.31. The highest BCUT2D eigenvalue weighted by Gasteiger charge is 2.36. The Morgan fingerprint density at radius 2 is 1.76 bits per heavy atom. The molecule has 3 rings (SSSR count). The zero-order valence-electron chi connectivity index (χ0n) is 13.9. The van der Waals surface area contributed by atoms with Crippen molar-refractivity contribution < 1.29 is 17.9 Å². The summed E-state index contributed by atoms with van der Waals surface area (Å²) in [4.78, 5) is 6.14. The van der Waals surface area contributed by atoms with Gasteiger partial charge in [0.15, 0.2) is 0 Å². The van der Waals surface area contributed by atoms with E-state index in [2.05, 4.69) is 10.3 Å². The molecule has 0 spiro atoms. The van der Waals surface area contributed by atoms with Crippen molar-refractivity contribution in [3.8, 4) is 5.88 Å². The summed E-state index contributed by atoms with van der Waals surface area (Å²) in [5.74, 6) is 0.129. The van der Waals surface area contributed by atoms with E-state index in [1.54, 1.807) is 6.92 Å². The van der Waals surface area contributed by atoms with Crippen LogP contribution in [0.3, 0.4) is 0 Å².